The first kappa shape index (κ1) is 15.7. The standard InChI is InChI=1S/C19H18N4O/c1-2-24-17-10-8-15(9-11-17)14-20-22-19-13-12-18(21-23-19)16-6-4-3-5-7-16/h3-14H,2H2,1H3,(H,22,23)/b20-14+. The van der Waals surface area contributed by atoms with Gasteiger partial charge in [0, 0.05) is 5.56 Å². The average Bonchev–Trinajstić information content (AvgIpc) is 2.65. The van der Waals surface area contributed by atoms with Crippen molar-refractivity contribution in [2.24, 2.45) is 5.10 Å². The molecule has 2 aromatic carbocycles. The van der Waals surface area contributed by atoms with Crippen LogP contribution in [-0.2, 0) is 0 Å². The van der Waals surface area contributed by atoms with Gasteiger partial charge in [-0.15, -0.1) is 10.2 Å². The molecule has 0 atom stereocenters. The van der Waals surface area contributed by atoms with Gasteiger partial charge in [-0.3, -0.25) is 5.43 Å². The van der Waals surface area contributed by atoms with Crippen LogP contribution >= 0.6 is 0 Å². The summed E-state index contributed by atoms with van der Waals surface area (Å²) in [5.74, 6) is 1.45. The maximum absolute atomic E-state index is 5.40. The molecule has 0 spiro atoms. The minimum absolute atomic E-state index is 0.594. The summed E-state index contributed by atoms with van der Waals surface area (Å²) < 4.78 is 5.40. The highest BCUT2D eigenvalue weighted by Crippen LogP contribution is 2.16. The summed E-state index contributed by atoms with van der Waals surface area (Å²) in [4.78, 5) is 0. The fourth-order valence-corrected chi connectivity index (χ4v) is 2.14. The molecule has 5 heteroatoms. The van der Waals surface area contributed by atoms with Crippen LogP contribution in [0, 0.1) is 0 Å². The average molecular weight is 318 g/mol. The summed E-state index contributed by atoms with van der Waals surface area (Å²) in [6.45, 7) is 2.62. The molecular formula is C19H18N4O. The van der Waals surface area contributed by atoms with Crippen molar-refractivity contribution in [2.75, 3.05) is 12.0 Å². The number of hydrogen-bond acceptors (Lipinski definition) is 5. The summed E-state index contributed by atoms with van der Waals surface area (Å²) in [6, 6.07) is 21.4. The summed E-state index contributed by atoms with van der Waals surface area (Å²) in [5, 5.41) is 12.5. The molecule has 1 N–H and O–H groups in total. The smallest absolute Gasteiger partial charge is 0.168 e. The first-order valence-electron chi connectivity index (χ1n) is 7.76. The molecule has 0 unspecified atom stereocenters. The molecule has 1 heterocycles. The summed E-state index contributed by atoms with van der Waals surface area (Å²) in [7, 11) is 0. The number of ether oxygens (including phenoxy) is 1. The van der Waals surface area contributed by atoms with Crippen LogP contribution in [0.5, 0.6) is 5.75 Å². The molecule has 0 saturated heterocycles. The third-order valence-electron chi connectivity index (χ3n) is 3.32. The predicted molar refractivity (Wildman–Crippen MR) is 96.3 cm³/mol. The van der Waals surface area contributed by atoms with Crippen LogP contribution in [0.15, 0.2) is 71.8 Å². The fourth-order valence-electron chi connectivity index (χ4n) is 2.14. The molecule has 0 bridgehead atoms. The first-order chi connectivity index (χ1) is 11.8. The van der Waals surface area contributed by atoms with Crippen LogP contribution in [0.1, 0.15) is 12.5 Å². The molecule has 0 fully saturated rings. The van der Waals surface area contributed by atoms with Crippen molar-refractivity contribution >= 4 is 12.0 Å². The second-order valence-electron chi connectivity index (χ2n) is 5.04. The number of hydrogen-bond donors (Lipinski definition) is 1. The molecular weight excluding hydrogens is 300 g/mol. The van der Waals surface area contributed by atoms with E-state index in [-0.39, 0.29) is 0 Å². The minimum Gasteiger partial charge on any atom is -0.494 e. The van der Waals surface area contributed by atoms with Crippen LogP contribution in [0.2, 0.25) is 0 Å². The molecule has 1 aromatic heterocycles. The van der Waals surface area contributed by atoms with E-state index < -0.39 is 0 Å². The van der Waals surface area contributed by atoms with E-state index in [0.29, 0.717) is 12.4 Å². The Morgan fingerprint density at radius 2 is 1.75 bits per heavy atom. The SMILES string of the molecule is CCOc1ccc(/C=N/Nc2ccc(-c3ccccc3)nn2)cc1. The molecule has 120 valence electrons. The van der Waals surface area contributed by atoms with Crippen molar-refractivity contribution < 1.29 is 4.74 Å². The zero-order chi connectivity index (χ0) is 16.6. The largest absolute Gasteiger partial charge is 0.494 e. The van der Waals surface area contributed by atoms with Gasteiger partial charge in [-0.05, 0) is 48.9 Å². The van der Waals surface area contributed by atoms with E-state index in [4.69, 9.17) is 4.74 Å². The second-order valence-corrected chi connectivity index (χ2v) is 5.04. The number of anilines is 1. The number of nitrogens with zero attached hydrogens (tertiary/aromatic N) is 3. The zero-order valence-corrected chi connectivity index (χ0v) is 13.4. The van der Waals surface area contributed by atoms with Crippen molar-refractivity contribution in [3.8, 4) is 17.0 Å². The van der Waals surface area contributed by atoms with Gasteiger partial charge in [0.1, 0.15) is 5.75 Å². The quantitative estimate of drug-likeness (QED) is 0.551. The van der Waals surface area contributed by atoms with Crippen molar-refractivity contribution in [3.05, 3.63) is 72.3 Å². The molecule has 0 radical (unpaired) electrons. The van der Waals surface area contributed by atoms with Crippen molar-refractivity contribution in [3.63, 3.8) is 0 Å². The number of benzene rings is 2. The highest BCUT2D eigenvalue weighted by Gasteiger charge is 1.99. The van der Waals surface area contributed by atoms with Crippen LogP contribution in [0.4, 0.5) is 5.82 Å². The van der Waals surface area contributed by atoms with Crippen LogP contribution < -0.4 is 10.2 Å². The van der Waals surface area contributed by atoms with Crippen LogP contribution in [0.3, 0.4) is 0 Å². The minimum atomic E-state index is 0.594. The van der Waals surface area contributed by atoms with E-state index in [0.717, 1.165) is 22.6 Å². The molecule has 0 aliphatic heterocycles. The van der Waals surface area contributed by atoms with E-state index in [1.165, 1.54) is 0 Å². The third kappa shape index (κ3) is 4.16. The van der Waals surface area contributed by atoms with E-state index in [2.05, 4.69) is 20.7 Å². The number of hydrazone groups is 1. The Kier molecular flexibility index (Phi) is 5.14. The van der Waals surface area contributed by atoms with Crippen LogP contribution in [0.25, 0.3) is 11.3 Å². The van der Waals surface area contributed by atoms with Gasteiger partial charge in [-0.1, -0.05) is 30.3 Å². The monoisotopic (exact) mass is 318 g/mol. The lowest BCUT2D eigenvalue weighted by Crippen LogP contribution is -1.96. The Morgan fingerprint density at radius 3 is 2.42 bits per heavy atom. The summed E-state index contributed by atoms with van der Waals surface area (Å²) in [5.41, 5.74) is 5.71. The van der Waals surface area contributed by atoms with Gasteiger partial charge >= 0.3 is 0 Å². The lowest BCUT2D eigenvalue weighted by molar-refractivity contribution is 0.340. The van der Waals surface area contributed by atoms with Gasteiger partial charge in [0.25, 0.3) is 0 Å². The Bertz CT molecular complexity index is 784. The summed E-state index contributed by atoms with van der Waals surface area (Å²) in [6.07, 6.45) is 1.72. The maximum atomic E-state index is 5.40. The molecule has 3 aromatic rings. The van der Waals surface area contributed by atoms with Crippen molar-refractivity contribution in [1.82, 2.24) is 10.2 Å². The Morgan fingerprint density at radius 1 is 0.958 bits per heavy atom. The molecule has 24 heavy (non-hydrogen) atoms. The van der Waals surface area contributed by atoms with Gasteiger partial charge in [0.05, 0.1) is 18.5 Å². The van der Waals surface area contributed by atoms with Crippen molar-refractivity contribution in [1.29, 1.82) is 0 Å². The van der Waals surface area contributed by atoms with E-state index in [1.54, 1.807) is 6.21 Å². The van der Waals surface area contributed by atoms with Crippen LogP contribution in [-0.4, -0.2) is 23.0 Å². The summed E-state index contributed by atoms with van der Waals surface area (Å²) >= 11 is 0. The maximum Gasteiger partial charge on any atom is 0.168 e. The molecule has 0 aliphatic rings. The lowest BCUT2D eigenvalue weighted by Gasteiger charge is -2.03. The number of rotatable bonds is 6. The van der Waals surface area contributed by atoms with E-state index in [9.17, 15) is 0 Å². The first-order valence-corrected chi connectivity index (χ1v) is 7.76. The zero-order valence-electron chi connectivity index (χ0n) is 13.4. The van der Waals surface area contributed by atoms with Crippen molar-refractivity contribution in [2.45, 2.75) is 6.92 Å². The highest BCUT2D eigenvalue weighted by atomic mass is 16.5. The van der Waals surface area contributed by atoms with Gasteiger partial charge in [0.2, 0.25) is 0 Å². The van der Waals surface area contributed by atoms with Gasteiger partial charge < -0.3 is 4.74 Å². The molecule has 3 rings (SSSR count). The fraction of sp³-hybridized carbons (Fsp3) is 0.105. The number of nitrogens with one attached hydrogen (secondary N) is 1. The molecule has 5 nitrogen and oxygen atoms in total. The normalized spacial score (nSPS) is 10.7. The highest BCUT2D eigenvalue weighted by molar-refractivity contribution is 5.80. The van der Waals surface area contributed by atoms with Gasteiger partial charge in [-0.25, -0.2) is 0 Å². The molecule has 0 amide bonds. The van der Waals surface area contributed by atoms with Gasteiger partial charge in [0.15, 0.2) is 5.82 Å². The Balaban J connectivity index is 1.60. The lowest BCUT2D eigenvalue weighted by atomic mass is 10.1. The molecule has 0 saturated carbocycles. The van der Waals surface area contributed by atoms with Gasteiger partial charge in [-0.2, -0.15) is 5.10 Å². The third-order valence-corrected chi connectivity index (χ3v) is 3.32. The predicted octanol–water partition coefficient (Wildman–Crippen LogP) is 3.99. The Hall–Kier alpha value is -3.21. The van der Waals surface area contributed by atoms with E-state index in [1.807, 2.05) is 73.7 Å². The topological polar surface area (TPSA) is 59.4 Å². The number of aromatic nitrogens is 2. The van der Waals surface area contributed by atoms with E-state index >= 15 is 0 Å². The Labute approximate surface area is 141 Å². The molecule has 0 aliphatic carbocycles. The second kappa shape index (κ2) is 7.87.